The minimum Gasteiger partial charge on any atom is -0.349 e. The quantitative estimate of drug-likeness (QED) is 0.877. The average molecular weight is 326 g/mol. The van der Waals surface area contributed by atoms with E-state index in [1.54, 1.807) is 30.3 Å². The second kappa shape index (κ2) is 6.92. The first-order chi connectivity index (χ1) is 9.95. The van der Waals surface area contributed by atoms with Crippen molar-refractivity contribution in [2.24, 2.45) is 0 Å². The van der Waals surface area contributed by atoms with Gasteiger partial charge in [-0.15, -0.1) is 0 Å². The highest BCUT2D eigenvalue weighted by Crippen LogP contribution is 2.26. The van der Waals surface area contributed by atoms with Crippen LogP contribution in [0.4, 0.5) is 4.39 Å². The lowest BCUT2D eigenvalue weighted by molar-refractivity contribution is -0.121. The van der Waals surface area contributed by atoms with Gasteiger partial charge in [-0.05, 0) is 42.3 Å². The molecule has 5 heteroatoms. The number of halogens is 3. The fraction of sp³-hybridized carbons (Fsp3) is 0.188. The lowest BCUT2D eigenvalue weighted by Crippen LogP contribution is -2.28. The first-order valence-corrected chi connectivity index (χ1v) is 7.20. The SMILES string of the molecule is C[C@@H](NC(=O)Cc1cccc(F)c1)c1ccc(Cl)cc1Cl. The van der Waals surface area contributed by atoms with Gasteiger partial charge in [-0.1, -0.05) is 41.4 Å². The van der Waals surface area contributed by atoms with Crippen LogP contribution >= 0.6 is 23.2 Å². The molecule has 0 aliphatic carbocycles. The second-order valence-corrected chi connectivity index (χ2v) is 5.61. The van der Waals surface area contributed by atoms with Crippen LogP contribution in [-0.2, 0) is 11.2 Å². The van der Waals surface area contributed by atoms with E-state index in [0.717, 1.165) is 5.56 Å². The van der Waals surface area contributed by atoms with Crippen LogP contribution in [0.15, 0.2) is 42.5 Å². The van der Waals surface area contributed by atoms with Gasteiger partial charge in [0.2, 0.25) is 5.91 Å². The predicted molar refractivity (Wildman–Crippen MR) is 83.1 cm³/mol. The molecule has 0 aliphatic heterocycles. The molecule has 0 heterocycles. The van der Waals surface area contributed by atoms with Crippen molar-refractivity contribution in [1.29, 1.82) is 0 Å². The van der Waals surface area contributed by atoms with E-state index in [9.17, 15) is 9.18 Å². The Morgan fingerprint density at radius 3 is 2.67 bits per heavy atom. The number of carbonyl (C=O) groups excluding carboxylic acids is 1. The molecule has 0 fully saturated rings. The number of hydrogen-bond donors (Lipinski definition) is 1. The summed E-state index contributed by atoms with van der Waals surface area (Å²) in [5, 5.41) is 3.88. The highest BCUT2D eigenvalue weighted by molar-refractivity contribution is 6.35. The van der Waals surface area contributed by atoms with Crippen LogP contribution in [0, 0.1) is 5.82 Å². The maximum atomic E-state index is 13.1. The van der Waals surface area contributed by atoms with E-state index in [4.69, 9.17) is 23.2 Å². The zero-order valence-electron chi connectivity index (χ0n) is 11.4. The van der Waals surface area contributed by atoms with Gasteiger partial charge in [0.05, 0.1) is 12.5 Å². The fourth-order valence-electron chi connectivity index (χ4n) is 2.06. The van der Waals surface area contributed by atoms with E-state index >= 15 is 0 Å². The third-order valence-electron chi connectivity index (χ3n) is 3.06. The molecule has 110 valence electrons. The Bertz CT molecular complexity index is 660. The second-order valence-electron chi connectivity index (χ2n) is 4.76. The van der Waals surface area contributed by atoms with E-state index in [1.807, 2.05) is 6.92 Å². The van der Waals surface area contributed by atoms with Crippen molar-refractivity contribution in [3.8, 4) is 0 Å². The summed E-state index contributed by atoms with van der Waals surface area (Å²) in [5.41, 5.74) is 1.41. The van der Waals surface area contributed by atoms with Gasteiger partial charge in [-0.3, -0.25) is 4.79 Å². The number of benzene rings is 2. The highest BCUT2D eigenvalue weighted by Gasteiger charge is 2.13. The standard InChI is InChI=1S/C16H14Cl2FNO/c1-10(14-6-5-12(17)9-15(14)18)20-16(21)8-11-3-2-4-13(19)7-11/h2-7,9-10H,8H2,1H3,(H,20,21)/t10-/m1/s1. The molecule has 0 aromatic heterocycles. The van der Waals surface area contributed by atoms with E-state index in [2.05, 4.69) is 5.32 Å². The zero-order valence-corrected chi connectivity index (χ0v) is 12.9. The van der Waals surface area contributed by atoms with Crippen LogP contribution in [0.5, 0.6) is 0 Å². The van der Waals surface area contributed by atoms with Crippen molar-refractivity contribution in [3.05, 3.63) is 69.5 Å². The Morgan fingerprint density at radius 2 is 2.00 bits per heavy atom. The van der Waals surface area contributed by atoms with Crippen molar-refractivity contribution >= 4 is 29.1 Å². The predicted octanol–water partition coefficient (Wildman–Crippen LogP) is 4.55. The molecular weight excluding hydrogens is 312 g/mol. The molecule has 1 amide bonds. The number of hydrogen-bond acceptors (Lipinski definition) is 1. The van der Waals surface area contributed by atoms with Crippen molar-refractivity contribution in [1.82, 2.24) is 5.32 Å². The molecule has 0 saturated heterocycles. The Labute approximate surface area is 132 Å². The average Bonchev–Trinajstić information content (AvgIpc) is 2.38. The summed E-state index contributed by atoms with van der Waals surface area (Å²) in [6.45, 7) is 1.83. The third-order valence-corrected chi connectivity index (χ3v) is 3.62. The summed E-state index contributed by atoms with van der Waals surface area (Å²) in [6, 6.07) is 10.9. The Kier molecular flexibility index (Phi) is 5.21. The van der Waals surface area contributed by atoms with Gasteiger partial charge in [0.1, 0.15) is 5.82 Å². The molecule has 1 atom stereocenters. The summed E-state index contributed by atoms with van der Waals surface area (Å²) in [7, 11) is 0. The van der Waals surface area contributed by atoms with Gasteiger partial charge in [0, 0.05) is 10.0 Å². The Morgan fingerprint density at radius 1 is 1.24 bits per heavy atom. The van der Waals surface area contributed by atoms with Gasteiger partial charge in [0.25, 0.3) is 0 Å². The topological polar surface area (TPSA) is 29.1 Å². The highest BCUT2D eigenvalue weighted by atomic mass is 35.5. The van der Waals surface area contributed by atoms with Crippen molar-refractivity contribution in [2.75, 3.05) is 0 Å². The molecule has 0 spiro atoms. The minimum absolute atomic E-state index is 0.118. The summed E-state index contributed by atoms with van der Waals surface area (Å²) in [5.74, 6) is -0.548. The smallest absolute Gasteiger partial charge is 0.224 e. The molecule has 2 aromatic rings. The van der Waals surface area contributed by atoms with Crippen LogP contribution in [-0.4, -0.2) is 5.91 Å². The van der Waals surface area contributed by atoms with Gasteiger partial charge in [0.15, 0.2) is 0 Å². The minimum atomic E-state index is -0.353. The number of amides is 1. The largest absolute Gasteiger partial charge is 0.349 e. The lowest BCUT2D eigenvalue weighted by Gasteiger charge is -2.16. The maximum Gasteiger partial charge on any atom is 0.224 e. The summed E-state index contributed by atoms with van der Waals surface area (Å²) >= 11 is 11.9. The van der Waals surface area contributed by atoms with Crippen LogP contribution in [0.25, 0.3) is 0 Å². The lowest BCUT2D eigenvalue weighted by atomic mass is 10.1. The van der Waals surface area contributed by atoms with Gasteiger partial charge in [-0.25, -0.2) is 4.39 Å². The van der Waals surface area contributed by atoms with Crippen LogP contribution in [0.3, 0.4) is 0 Å². The van der Waals surface area contributed by atoms with Crippen LogP contribution in [0.2, 0.25) is 10.0 Å². The van der Waals surface area contributed by atoms with E-state index in [0.29, 0.717) is 15.6 Å². The summed E-state index contributed by atoms with van der Waals surface area (Å²) < 4.78 is 13.1. The third kappa shape index (κ3) is 4.45. The number of nitrogens with one attached hydrogen (secondary N) is 1. The van der Waals surface area contributed by atoms with E-state index in [-0.39, 0.29) is 24.2 Å². The fourth-order valence-corrected chi connectivity index (χ4v) is 2.63. The molecule has 0 radical (unpaired) electrons. The summed E-state index contributed by atoms with van der Waals surface area (Å²) in [6.07, 6.45) is 0.118. The van der Waals surface area contributed by atoms with Gasteiger partial charge in [-0.2, -0.15) is 0 Å². The van der Waals surface area contributed by atoms with Crippen molar-refractivity contribution < 1.29 is 9.18 Å². The van der Waals surface area contributed by atoms with Gasteiger partial charge >= 0.3 is 0 Å². The molecule has 2 rings (SSSR count). The van der Waals surface area contributed by atoms with Crippen molar-refractivity contribution in [2.45, 2.75) is 19.4 Å². The molecule has 0 bridgehead atoms. The first kappa shape index (κ1) is 15.8. The molecule has 0 unspecified atom stereocenters. The summed E-state index contributed by atoms with van der Waals surface area (Å²) in [4.78, 5) is 12.0. The molecule has 0 saturated carbocycles. The zero-order chi connectivity index (χ0) is 15.4. The maximum absolute atomic E-state index is 13.1. The van der Waals surface area contributed by atoms with E-state index in [1.165, 1.54) is 12.1 Å². The molecule has 0 aliphatic rings. The monoisotopic (exact) mass is 325 g/mol. The Hall–Kier alpha value is -1.58. The Balaban J connectivity index is 2.02. The molecule has 2 aromatic carbocycles. The van der Waals surface area contributed by atoms with Crippen molar-refractivity contribution in [3.63, 3.8) is 0 Å². The van der Waals surface area contributed by atoms with Crippen LogP contribution in [0.1, 0.15) is 24.1 Å². The number of carbonyl (C=O) groups is 1. The normalized spacial score (nSPS) is 12.0. The van der Waals surface area contributed by atoms with E-state index < -0.39 is 0 Å². The molecule has 1 N–H and O–H groups in total. The first-order valence-electron chi connectivity index (χ1n) is 6.44. The van der Waals surface area contributed by atoms with Gasteiger partial charge < -0.3 is 5.32 Å². The molecule has 2 nitrogen and oxygen atoms in total. The number of rotatable bonds is 4. The molecular formula is C16H14Cl2FNO. The van der Waals surface area contributed by atoms with Crippen LogP contribution < -0.4 is 5.32 Å². The molecule has 21 heavy (non-hydrogen) atoms.